The van der Waals surface area contributed by atoms with Crippen molar-refractivity contribution >= 4 is 35.0 Å². The van der Waals surface area contributed by atoms with E-state index in [2.05, 4.69) is 10.6 Å². The third kappa shape index (κ3) is 5.82. The highest BCUT2D eigenvalue weighted by Gasteiger charge is 2.22. The molecule has 0 radical (unpaired) electrons. The summed E-state index contributed by atoms with van der Waals surface area (Å²) in [6, 6.07) is 12.4. The number of carbonyl (C=O) groups excluding carboxylic acids is 2. The molecule has 2 aromatic carbocycles. The molecule has 0 fully saturated rings. The van der Waals surface area contributed by atoms with Gasteiger partial charge in [0.2, 0.25) is 5.91 Å². The van der Waals surface area contributed by atoms with Crippen LogP contribution >= 0.6 is 11.8 Å². The van der Waals surface area contributed by atoms with Crippen molar-refractivity contribution in [2.75, 3.05) is 17.3 Å². The minimum atomic E-state index is -0.745. The fraction of sp³-hybridized carbons (Fsp3) is 0.263. The molecule has 27 heavy (non-hydrogen) atoms. The van der Waals surface area contributed by atoms with Crippen LogP contribution in [0.4, 0.5) is 11.4 Å². The van der Waals surface area contributed by atoms with Crippen LogP contribution in [0.2, 0.25) is 0 Å². The number of nitro benzene ring substituents is 1. The topological polar surface area (TPSA) is 101 Å². The molecular weight excluding hydrogens is 366 g/mol. The lowest BCUT2D eigenvalue weighted by Crippen LogP contribution is -2.44. The van der Waals surface area contributed by atoms with Crippen molar-refractivity contribution in [3.8, 4) is 0 Å². The number of carbonyl (C=O) groups is 2. The van der Waals surface area contributed by atoms with Gasteiger partial charge in [-0.25, -0.2) is 0 Å². The Morgan fingerprint density at radius 3 is 2.52 bits per heavy atom. The summed E-state index contributed by atoms with van der Waals surface area (Å²) in [7, 11) is 0. The molecule has 0 saturated carbocycles. The van der Waals surface area contributed by atoms with Crippen molar-refractivity contribution in [1.82, 2.24) is 5.32 Å². The maximum Gasteiger partial charge on any atom is 0.274 e. The third-order valence-corrected chi connectivity index (χ3v) is 4.59. The second kappa shape index (κ2) is 9.72. The first-order valence-electron chi connectivity index (χ1n) is 8.33. The first-order valence-corrected chi connectivity index (χ1v) is 9.72. The zero-order valence-electron chi connectivity index (χ0n) is 15.1. The lowest BCUT2D eigenvalue weighted by molar-refractivity contribution is -0.385. The van der Waals surface area contributed by atoms with E-state index in [0.29, 0.717) is 29.0 Å². The van der Waals surface area contributed by atoms with E-state index in [1.54, 1.807) is 61.2 Å². The molecule has 0 aromatic heterocycles. The van der Waals surface area contributed by atoms with Crippen LogP contribution < -0.4 is 10.6 Å². The zero-order valence-corrected chi connectivity index (χ0v) is 15.9. The third-order valence-electron chi connectivity index (χ3n) is 3.94. The van der Waals surface area contributed by atoms with E-state index in [-0.39, 0.29) is 11.6 Å². The Morgan fingerprint density at radius 2 is 1.89 bits per heavy atom. The van der Waals surface area contributed by atoms with Crippen LogP contribution in [0, 0.1) is 17.0 Å². The molecule has 2 N–H and O–H groups in total. The Labute approximate surface area is 161 Å². The van der Waals surface area contributed by atoms with E-state index in [0.717, 1.165) is 0 Å². The minimum absolute atomic E-state index is 0.0678. The number of rotatable bonds is 8. The number of nitrogens with zero attached hydrogens (tertiary/aromatic N) is 1. The van der Waals surface area contributed by atoms with E-state index in [9.17, 15) is 19.7 Å². The lowest BCUT2D eigenvalue weighted by atomic mass is 10.1. The molecule has 0 aliphatic heterocycles. The molecule has 2 amide bonds. The van der Waals surface area contributed by atoms with Gasteiger partial charge in [-0.05, 0) is 43.6 Å². The number of thioether (sulfide) groups is 1. The average Bonchev–Trinajstić information content (AvgIpc) is 2.66. The van der Waals surface area contributed by atoms with Gasteiger partial charge in [0, 0.05) is 22.9 Å². The molecule has 0 aliphatic carbocycles. The second-order valence-electron chi connectivity index (χ2n) is 5.92. The Morgan fingerprint density at radius 1 is 1.19 bits per heavy atom. The van der Waals surface area contributed by atoms with Crippen LogP contribution in [0.1, 0.15) is 22.3 Å². The van der Waals surface area contributed by atoms with Gasteiger partial charge in [0.15, 0.2) is 0 Å². The van der Waals surface area contributed by atoms with Gasteiger partial charge in [-0.15, -0.1) is 0 Å². The van der Waals surface area contributed by atoms with Gasteiger partial charge in [0.25, 0.3) is 11.6 Å². The Hall–Kier alpha value is -2.87. The molecule has 8 heteroatoms. The van der Waals surface area contributed by atoms with Gasteiger partial charge in [0.05, 0.1) is 4.92 Å². The first kappa shape index (κ1) is 20.4. The van der Waals surface area contributed by atoms with Gasteiger partial charge in [-0.1, -0.05) is 24.3 Å². The summed E-state index contributed by atoms with van der Waals surface area (Å²) in [5.74, 6) is -0.0699. The van der Waals surface area contributed by atoms with Crippen LogP contribution in [0.5, 0.6) is 0 Å². The molecule has 0 saturated heterocycles. The molecule has 1 unspecified atom stereocenters. The molecule has 142 valence electrons. The van der Waals surface area contributed by atoms with Gasteiger partial charge < -0.3 is 10.6 Å². The first-order chi connectivity index (χ1) is 12.9. The fourth-order valence-electron chi connectivity index (χ4n) is 2.45. The highest BCUT2D eigenvalue weighted by molar-refractivity contribution is 7.98. The van der Waals surface area contributed by atoms with Crippen molar-refractivity contribution < 1.29 is 14.5 Å². The molecule has 7 nitrogen and oxygen atoms in total. The molecule has 2 aromatic rings. The maximum atomic E-state index is 12.6. The standard InChI is InChI=1S/C19H21N3O4S/c1-13-8-9-15(12-17(13)22(25)26)20-19(24)16(10-11-27-2)21-18(23)14-6-4-3-5-7-14/h3-9,12,16H,10-11H2,1-2H3,(H,20,24)(H,21,23). The molecule has 2 rings (SSSR count). The van der Waals surface area contributed by atoms with Gasteiger partial charge in [-0.3, -0.25) is 19.7 Å². The monoisotopic (exact) mass is 387 g/mol. The average molecular weight is 387 g/mol. The normalized spacial score (nSPS) is 11.5. The summed E-state index contributed by atoms with van der Waals surface area (Å²) in [6.45, 7) is 1.63. The van der Waals surface area contributed by atoms with E-state index in [4.69, 9.17) is 0 Å². The number of anilines is 1. The van der Waals surface area contributed by atoms with Crippen LogP contribution in [-0.2, 0) is 4.79 Å². The Bertz CT molecular complexity index is 827. The fourth-order valence-corrected chi connectivity index (χ4v) is 2.92. The second-order valence-corrected chi connectivity index (χ2v) is 6.91. The molecule has 0 aliphatic rings. The molecule has 0 bridgehead atoms. The maximum absolute atomic E-state index is 12.6. The summed E-state index contributed by atoms with van der Waals surface area (Å²) in [5, 5.41) is 16.5. The Kier molecular flexibility index (Phi) is 7.36. The van der Waals surface area contributed by atoms with Crippen molar-refractivity contribution in [1.29, 1.82) is 0 Å². The smallest absolute Gasteiger partial charge is 0.274 e. The highest BCUT2D eigenvalue weighted by Crippen LogP contribution is 2.22. The van der Waals surface area contributed by atoms with E-state index in [1.807, 2.05) is 6.26 Å². The predicted octanol–water partition coefficient (Wildman–Crippen LogP) is 3.39. The molecule has 0 heterocycles. The van der Waals surface area contributed by atoms with Crippen molar-refractivity contribution in [2.45, 2.75) is 19.4 Å². The highest BCUT2D eigenvalue weighted by atomic mass is 32.2. The molecular formula is C19H21N3O4S. The summed E-state index contributed by atoms with van der Waals surface area (Å²) in [6.07, 6.45) is 2.36. The van der Waals surface area contributed by atoms with Crippen LogP contribution in [-0.4, -0.2) is 34.8 Å². The van der Waals surface area contributed by atoms with Gasteiger partial charge in [0.1, 0.15) is 6.04 Å². The number of benzene rings is 2. The number of aryl methyl sites for hydroxylation is 1. The van der Waals surface area contributed by atoms with Crippen LogP contribution in [0.3, 0.4) is 0 Å². The molecule has 0 spiro atoms. The molecule has 1 atom stereocenters. The summed E-state index contributed by atoms with van der Waals surface area (Å²) < 4.78 is 0. The quantitative estimate of drug-likeness (QED) is 0.534. The van der Waals surface area contributed by atoms with Gasteiger partial charge >= 0.3 is 0 Å². The van der Waals surface area contributed by atoms with E-state index in [1.165, 1.54) is 6.07 Å². The number of amides is 2. The minimum Gasteiger partial charge on any atom is -0.340 e. The van der Waals surface area contributed by atoms with E-state index >= 15 is 0 Å². The number of hydrogen-bond acceptors (Lipinski definition) is 5. The van der Waals surface area contributed by atoms with Gasteiger partial charge in [-0.2, -0.15) is 11.8 Å². The van der Waals surface area contributed by atoms with Crippen molar-refractivity contribution in [3.05, 3.63) is 69.8 Å². The number of nitrogens with one attached hydrogen (secondary N) is 2. The number of nitro groups is 1. The van der Waals surface area contributed by atoms with Crippen LogP contribution in [0.25, 0.3) is 0 Å². The SMILES string of the molecule is CSCCC(NC(=O)c1ccccc1)C(=O)Nc1ccc(C)c([N+](=O)[O-])c1. The summed E-state index contributed by atoms with van der Waals surface area (Å²) >= 11 is 1.56. The van der Waals surface area contributed by atoms with Crippen molar-refractivity contribution in [2.24, 2.45) is 0 Å². The van der Waals surface area contributed by atoms with Crippen LogP contribution in [0.15, 0.2) is 48.5 Å². The summed E-state index contributed by atoms with van der Waals surface area (Å²) in [5.41, 5.74) is 1.22. The van der Waals surface area contributed by atoms with Crippen molar-refractivity contribution in [3.63, 3.8) is 0 Å². The summed E-state index contributed by atoms with van der Waals surface area (Å²) in [4.78, 5) is 35.6. The Balaban J connectivity index is 2.13. The number of hydrogen-bond donors (Lipinski definition) is 2. The lowest BCUT2D eigenvalue weighted by Gasteiger charge is -2.18. The van der Waals surface area contributed by atoms with E-state index < -0.39 is 16.9 Å². The predicted molar refractivity (Wildman–Crippen MR) is 107 cm³/mol. The largest absolute Gasteiger partial charge is 0.340 e. The zero-order chi connectivity index (χ0) is 19.8.